The van der Waals surface area contributed by atoms with Gasteiger partial charge in [0, 0.05) is 6.54 Å². The molecular formula is C24H39Cl2N3S. The third-order valence-corrected chi connectivity index (χ3v) is 6.11. The second kappa shape index (κ2) is 18.9. The molecule has 0 saturated heterocycles. The highest BCUT2D eigenvalue weighted by molar-refractivity contribution is 7.80. The summed E-state index contributed by atoms with van der Waals surface area (Å²) in [5, 5.41) is 8.90. The van der Waals surface area contributed by atoms with E-state index in [1.54, 1.807) is 18.3 Å². The summed E-state index contributed by atoms with van der Waals surface area (Å²) in [5.41, 5.74) is 3.70. The molecule has 0 heterocycles. The summed E-state index contributed by atoms with van der Waals surface area (Å²) in [6.07, 6.45) is 20.8. The van der Waals surface area contributed by atoms with Gasteiger partial charge in [-0.3, -0.25) is 5.43 Å². The molecule has 0 saturated carbocycles. The van der Waals surface area contributed by atoms with Gasteiger partial charge in [0.15, 0.2) is 5.11 Å². The molecule has 0 atom stereocenters. The van der Waals surface area contributed by atoms with E-state index in [9.17, 15) is 0 Å². The Hall–Kier alpha value is -0.840. The lowest BCUT2D eigenvalue weighted by Gasteiger charge is -2.07. The van der Waals surface area contributed by atoms with Crippen LogP contribution in [0.3, 0.4) is 0 Å². The lowest BCUT2D eigenvalue weighted by atomic mass is 10.0. The van der Waals surface area contributed by atoms with E-state index in [0.29, 0.717) is 15.2 Å². The molecule has 0 amide bonds. The van der Waals surface area contributed by atoms with Crippen molar-refractivity contribution in [1.29, 1.82) is 0 Å². The summed E-state index contributed by atoms with van der Waals surface area (Å²) in [7, 11) is 0. The molecule has 0 bridgehead atoms. The van der Waals surface area contributed by atoms with Crippen molar-refractivity contribution in [2.75, 3.05) is 6.54 Å². The minimum Gasteiger partial charge on any atom is -0.361 e. The summed E-state index contributed by atoms with van der Waals surface area (Å²) >= 11 is 17.1. The fourth-order valence-corrected chi connectivity index (χ4v) is 3.78. The molecule has 0 aliphatic carbocycles. The molecule has 30 heavy (non-hydrogen) atoms. The summed E-state index contributed by atoms with van der Waals surface area (Å²) in [6, 6.07) is 5.36. The van der Waals surface area contributed by atoms with Crippen molar-refractivity contribution in [2.45, 2.75) is 96.8 Å². The normalized spacial score (nSPS) is 11.2. The van der Waals surface area contributed by atoms with E-state index in [1.807, 2.05) is 6.07 Å². The molecule has 0 fully saturated rings. The maximum atomic E-state index is 5.98. The molecular weight excluding hydrogens is 433 g/mol. The van der Waals surface area contributed by atoms with Gasteiger partial charge in [-0.1, -0.05) is 120 Å². The van der Waals surface area contributed by atoms with Crippen LogP contribution in [0.5, 0.6) is 0 Å². The summed E-state index contributed by atoms with van der Waals surface area (Å²) in [4.78, 5) is 0. The Balaban J connectivity index is 1.88. The molecule has 170 valence electrons. The summed E-state index contributed by atoms with van der Waals surface area (Å²) < 4.78 is 0. The zero-order chi connectivity index (χ0) is 21.9. The number of hydrazone groups is 1. The van der Waals surface area contributed by atoms with Crippen LogP contribution in [0.2, 0.25) is 10.0 Å². The molecule has 0 aliphatic rings. The Morgan fingerprint density at radius 1 is 0.833 bits per heavy atom. The highest BCUT2D eigenvalue weighted by atomic mass is 35.5. The number of rotatable bonds is 17. The molecule has 0 radical (unpaired) electrons. The first-order valence-corrected chi connectivity index (χ1v) is 12.8. The van der Waals surface area contributed by atoms with Crippen LogP contribution in [0.4, 0.5) is 0 Å². The first-order chi connectivity index (χ1) is 14.6. The number of benzene rings is 1. The van der Waals surface area contributed by atoms with Gasteiger partial charge in [-0.25, -0.2) is 0 Å². The van der Waals surface area contributed by atoms with Crippen LogP contribution < -0.4 is 10.7 Å². The Morgan fingerprint density at radius 2 is 1.37 bits per heavy atom. The topological polar surface area (TPSA) is 36.4 Å². The second-order valence-electron chi connectivity index (χ2n) is 7.90. The number of unbranched alkanes of at least 4 members (excludes halogenated alkanes) is 13. The van der Waals surface area contributed by atoms with E-state index in [0.717, 1.165) is 18.5 Å². The average molecular weight is 473 g/mol. The maximum Gasteiger partial charge on any atom is 0.186 e. The molecule has 0 unspecified atom stereocenters. The van der Waals surface area contributed by atoms with Gasteiger partial charge in [0.25, 0.3) is 0 Å². The van der Waals surface area contributed by atoms with Crippen LogP contribution in [0.1, 0.15) is 102 Å². The highest BCUT2D eigenvalue weighted by Crippen LogP contribution is 2.21. The van der Waals surface area contributed by atoms with Gasteiger partial charge in [-0.2, -0.15) is 5.10 Å². The number of hydrogen-bond donors (Lipinski definition) is 2. The van der Waals surface area contributed by atoms with Gasteiger partial charge in [-0.15, -0.1) is 0 Å². The fraction of sp³-hybridized carbons (Fsp3) is 0.667. The molecule has 3 nitrogen and oxygen atoms in total. The van der Waals surface area contributed by atoms with Gasteiger partial charge in [-0.05, 0) is 36.3 Å². The molecule has 0 aliphatic heterocycles. The Kier molecular flexibility index (Phi) is 17.1. The number of halogens is 2. The van der Waals surface area contributed by atoms with Gasteiger partial charge in [0.1, 0.15) is 0 Å². The SMILES string of the molecule is CCCCCCCCCCCCCCCCNC(=S)N/N=C\c1ccc(Cl)c(Cl)c1. The lowest BCUT2D eigenvalue weighted by Crippen LogP contribution is -2.32. The maximum absolute atomic E-state index is 5.98. The van der Waals surface area contributed by atoms with E-state index in [-0.39, 0.29) is 0 Å². The first-order valence-electron chi connectivity index (χ1n) is 11.7. The second-order valence-corrected chi connectivity index (χ2v) is 9.12. The van der Waals surface area contributed by atoms with Crippen LogP contribution in [0, 0.1) is 0 Å². The summed E-state index contributed by atoms with van der Waals surface area (Å²) in [5.74, 6) is 0. The zero-order valence-electron chi connectivity index (χ0n) is 18.5. The van der Waals surface area contributed by atoms with Crippen molar-refractivity contribution in [1.82, 2.24) is 10.7 Å². The molecule has 0 aromatic heterocycles. The lowest BCUT2D eigenvalue weighted by molar-refractivity contribution is 0.535. The van der Waals surface area contributed by atoms with E-state index in [2.05, 4.69) is 22.8 Å². The van der Waals surface area contributed by atoms with E-state index >= 15 is 0 Å². The van der Waals surface area contributed by atoms with Crippen LogP contribution >= 0.6 is 35.4 Å². The highest BCUT2D eigenvalue weighted by Gasteiger charge is 1.98. The van der Waals surface area contributed by atoms with E-state index in [1.165, 1.54) is 83.5 Å². The Labute approximate surface area is 199 Å². The fourth-order valence-electron chi connectivity index (χ4n) is 3.32. The van der Waals surface area contributed by atoms with Crippen molar-refractivity contribution in [3.63, 3.8) is 0 Å². The standard InChI is InChI=1S/C24H39Cl2N3S/c1-2-3-4-5-6-7-8-9-10-11-12-13-14-15-18-27-24(30)29-28-20-21-16-17-22(25)23(26)19-21/h16-17,19-20H,2-15,18H2,1H3,(H2,27,29,30)/b28-20-. The minimum atomic E-state index is 0.513. The molecule has 1 aromatic carbocycles. The number of nitrogens with one attached hydrogen (secondary N) is 2. The number of thiocarbonyl (C=S) groups is 1. The predicted octanol–water partition coefficient (Wildman–Crippen LogP) is 8.27. The van der Waals surface area contributed by atoms with E-state index in [4.69, 9.17) is 35.4 Å². The van der Waals surface area contributed by atoms with Crippen molar-refractivity contribution >= 4 is 46.7 Å². The van der Waals surface area contributed by atoms with Crippen molar-refractivity contribution < 1.29 is 0 Å². The molecule has 6 heteroatoms. The monoisotopic (exact) mass is 471 g/mol. The van der Waals surface area contributed by atoms with Gasteiger partial charge < -0.3 is 5.32 Å². The van der Waals surface area contributed by atoms with Crippen molar-refractivity contribution in [2.24, 2.45) is 5.10 Å². The quantitative estimate of drug-likeness (QED) is 0.104. The van der Waals surface area contributed by atoms with Gasteiger partial charge >= 0.3 is 0 Å². The smallest absolute Gasteiger partial charge is 0.186 e. The number of nitrogens with zero attached hydrogens (tertiary/aromatic N) is 1. The predicted molar refractivity (Wildman–Crippen MR) is 138 cm³/mol. The molecule has 1 rings (SSSR count). The molecule has 0 spiro atoms. The van der Waals surface area contributed by atoms with Crippen LogP contribution in [0.25, 0.3) is 0 Å². The third-order valence-electron chi connectivity index (χ3n) is 5.14. The van der Waals surface area contributed by atoms with Gasteiger partial charge in [0.2, 0.25) is 0 Å². The Bertz CT molecular complexity index is 608. The zero-order valence-corrected chi connectivity index (χ0v) is 20.9. The van der Waals surface area contributed by atoms with Crippen LogP contribution in [0.15, 0.2) is 23.3 Å². The molecule has 1 aromatic rings. The van der Waals surface area contributed by atoms with Gasteiger partial charge in [0.05, 0.1) is 16.3 Å². The van der Waals surface area contributed by atoms with E-state index < -0.39 is 0 Å². The Morgan fingerprint density at radius 3 is 1.90 bits per heavy atom. The minimum absolute atomic E-state index is 0.513. The van der Waals surface area contributed by atoms with Crippen LogP contribution in [-0.4, -0.2) is 17.9 Å². The largest absolute Gasteiger partial charge is 0.361 e. The number of hydrogen-bond acceptors (Lipinski definition) is 2. The third kappa shape index (κ3) is 15.0. The van der Waals surface area contributed by atoms with Crippen molar-refractivity contribution in [3.05, 3.63) is 33.8 Å². The van der Waals surface area contributed by atoms with Crippen LogP contribution in [-0.2, 0) is 0 Å². The molecule has 2 N–H and O–H groups in total. The van der Waals surface area contributed by atoms with Crippen molar-refractivity contribution in [3.8, 4) is 0 Å². The first kappa shape index (κ1) is 27.2. The summed E-state index contributed by atoms with van der Waals surface area (Å²) in [6.45, 7) is 3.16. The average Bonchev–Trinajstić information content (AvgIpc) is 2.73.